The summed E-state index contributed by atoms with van der Waals surface area (Å²) in [6, 6.07) is 19.0. The molecule has 1 saturated heterocycles. The Morgan fingerprint density at radius 1 is 1.04 bits per heavy atom. The van der Waals surface area contributed by atoms with E-state index in [1.165, 1.54) is 4.90 Å². The largest absolute Gasteiger partial charge is 0.496 e. The summed E-state index contributed by atoms with van der Waals surface area (Å²) in [5.41, 5.74) is 1.52. The molecule has 3 aromatic rings. The highest BCUT2D eigenvalue weighted by Gasteiger charge is 2.49. The second kappa shape index (κ2) is 6.68. The highest BCUT2D eigenvalue weighted by molar-refractivity contribution is 6.09. The third kappa shape index (κ3) is 2.80. The van der Waals surface area contributed by atoms with E-state index in [2.05, 4.69) is 5.32 Å². The standard InChI is InChI=1S/C23H22N2O3/c1-15-11-12-20(28-3)17(13-15)14-25-21(26)23(2,24-22(25)27)19-10-6-8-16-7-4-5-9-18(16)19/h4-13H,14H2,1-3H3,(H,24,27). The summed E-state index contributed by atoms with van der Waals surface area (Å²) >= 11 is 0. The monoisotopic (exact) mass is 374 g/mol. The van der Waals surface area contributed by atoms with Gasteiger partial charge in [0.1, 0.15) is 11.3 Å². The lowest BCUT2D eigenvalue weighted by atomic mass is 9.87. The van der Waals surface area contributed by atoms with Crippen LogP contribution in [0.15, 0.2) is 60.7 Å². The van der Waals surface area contributed by atoms with Gasteiger partial charge in [0.05, 0.1) is 13.7 Å². The lowest BCUT2D eigenvalue weighted by Crippen LogP contribution is -2.41. The summed E-state index contributed by atoms with van der Waals surface area (Å²) in [6.45, 7) is 3.90. The lowest BCUT2D eigenvalue weighted by Gasteiger charge is -2.24. The Balaban J connectivity index is 1.74. The summed E-state index contributed by atoms with van der Waals surface area (Å²) < 4.78 is 5.41. The topological polar surface area (TPSA) is 58.6 Å². The number of benzene rings is 3. The van der Waals surface area contributed by atoms with Gasteiger partial charge in [0.15, 0.2) is 0 Å². The smallest absolute Gasteiger partial charge is 0.325 e. The fraction of sp³-hybridized carbons (Fsp3) is 0.217. The molecule has 0 bridgehead atoms. The number of nitrogens with one attached hydrogen (secondary N) is 1. The molecule has 142 valence electrons. The molecule has 3 amide bonds. The van der Waals surface area contributed by atoms with Gasteiger partial charge >= 0.3 is 6.03 Å². The molecule has 5 heteroatoms. The van der Waals surface area contributed by atoms with E-state index in [0.717, 1.165) is 27.5 Å². The number of hydrogen-bond acceptors (Lipinski definition) is 3. The van der Waals surface area contributed by atoms with Gasteiger partial charge in [-0.25, -0.2) is 4.79 Å². The maximum Gasteiger partial charge on any atom is 0.325 e. The molecule has 0 radical (unpaired) electrons. The van der Waals surface area contributed by atoms with Crippen molar-refractivity contribution in [1.82, 2.24) is 10.2 Å². The van der Waals surface area contributed by atoms with Gasteiger partial charge in [0, 0.05) is 5.56 Å². The first-order valence-corrected chi connectivity index (χ1v) is 9.20. The molecule has 0 spiro atoms. The number of carbonyl (C=O) groups excluding carboxylic acids is 2. The van der Waals surface area contributed by atoms with E-state index in [9.17, 15) is 9.59 Å². The predicted molar refractivity (Wildman–Crippen MR) is 108 cm³/mol. The van der Waals surface area contributed by atoms with E-state index in [1.54, 1.807) is 14.0 Å². The van der Waals surface area contributed by atoms with Crippen LogP contribution in [0.4, 0.5) is 4.79 Å². The normalized spacial score (nSPS) is 19.2. The minimum absolute atomic E-state index is 0.163. The molecule has 1 heterocycles. The third-order valence-electron chi connectivity index (χ3n) is 5.37. The van der Waals surface area contributed by atoms with Crippen molar-refractivity contribution in [3.63, 3.8) is 0 Å². The summed E-state index contributed by atoms with van der Waals surface area (Å²) in [5, 5.41) is 4.89. The highest BCUT2D eigenvalue weighted by atomic mass is 16.5. The highest BCUT2D eigenvalue weighted by Crippen LogP contribution is 2.35. The van der Waals surface area contributed by atoms with Crippen molar-refractivity contribution in [2.24, 2.45) is 0 Å². The Bertz CT molecular complexity index is 1090. The van der Waals surface area contributed by atoms with Crippen molar-refractivity contribution in [3.05, 3.63) is 77.4 Å². The Morgan fingerprint density at radius 3 is 2.57 bits per heavy atom. The lowest BCUT2D eigenvalue weighted by molar-refractivity contribution is -0.131. The zero-order valence-electron chi connectivity index (χ0n) is 16.2. The van der Waals surface area contributed by atoms with Crippen molar-refractivity contribution in [3.8, 4) is 5.75 Å². The Kier molecular flexibility index (Phi) is 4.30. The maximum absolute atomic E-state index is 13.4. The minimum atomic E-state index is -1.12. The fourth-order valence-electron chi connectivity index (χ4n) is 3.89. The molecular formula is C23H22N2O3. The van der Waals surface area contributed by atoms with Crippen LogP contribution in [0, 0.1) is 6.92 Å². The van der Waals surface area contributed by atoms with E-state index < -0.39 is 11.6 Å². The minimum Gasteiger partial charge on any atom is -0.496 e. The molecule has 5 nitrogen and oxygen atoms in total. The SMILES string of the molecule is COc1ccc(C)cc1CN1C(=O)NC(C)(c2cccc3ccccc23)C1=O. The molecule has 0 aliphatic carbocycles. The number of nitrogens with zero attached hydrogens (tertiary/aromatic N) is 1. The summed E-state index contributed by atoms with van der Waals surface area (Å²) in [7, 11) is 1.58. The van der Waals surface area contributed by atoms with Crippen LogP contribution in [-0.4, -0.2) is 23.9 Å². The van der Waals surface area contributed by atoms with Crippen LogP contribution < -0.4 is 10.1 Å². The van der Waals surface area contributed by atoms with Gasteiger partial charge in [-0.2, -0.15) is 0 Å². The zero-order chi connectivity index (χ0) is 19.9. The van der Waals surface area contributed by atoms with Crippen molar-refractivity contribution in [1.29, 1.82) is 0 Å². The predicted octanol–water partition coefficient (Wildman–Crippen LogP) is 4.12. The third-order valence-corrected chi connectivity index (χ3v) is 5.37. The maximum atomic E-state index is 13.4. The quantitative estimate of drug-likeness (QED) is 0.699. The molecule has 1 N–H and O–H groups in total. The van der Waals surface area contributed by atoms with E-state index >= 15 is 0 Å². The van der Waals surface area contributed by atoms with Crippen LogP contribution in [0.25, 0.3) is 10.8 Å². The number of ether oxygens (including phenoxy) is 1. The number of aryl methyl sites for hydroxylation is 1. The van der Waals surface area contributed by atoms with Crippen molar-refractivity contribution in [2.45, 2.75) is 25.9 Å². The van der Waals surface area contributed by atoms with Crippen LogP contribution in [-0.2, 0) is 16.9 Å². The molecule has 0 aromatic heterocycles. The van der Waals surface area contributed by atoms with Crippen molar-refractivity contribution in [2.75, 3.05) is 7.11 Å². The Hall–Kier alpha value is -3.34. The van der Waals surface area contributed by atoms with Gasteiger partial charge in [0.25, 0.3) is 5.91 Å². The summed E-state index contributed by atoms with van der Waals surface area (Å²) in [4.78, 5) is 27.4. The summed E-state index contributed by atoms with van der Waals surface area (Å²) in [6.07, 6.45) is 0. The number of hydrogen-bond donors (Lipinski definition) is 1. The zero-order valence-corrected chi connectivity index (χ0v) is 16.2. The van der Waals surface area contributed by atoms with Gasteiger partial charge in [-0.15, -0.1) is 0 Å². The van der Waals surface area contributed by atoms with Crippen LogP contribution in [0.5, 0.6) is 5.75 Å². The molecule has 3 aromatic carbocycles. The van der Waals surface area contributed by atoms with Crippen LogP contribution in [0.1, 0.15) is 23.6 Å². The average Bonchev–Trinajstić information content (AvgIpc) is 2.91. The van der Waals surface area contributed by atoms with Crippen molar-refractivity contribution >= 4 is 22.7 Å². The van der Waals surface area contributed by atoms with Gasteiger partial charge < -0.3 is 10.1 Å². The number of urea groups is 1. The van der Waals surface area contributed by atoms with Gasteiger partial charge in [-0.3, -0.25) is 9.69 Å². The molecule has 1 fully saturated rings. The van der Waals surface area contributed by atoms with Gasteiger partial charge in [-0.1, -0.05) is 60.2 Å². The molecule has 1 aliphatic heterocycles. The molecule has 1 unspecified atom stereocenters. The molecule has 1 atom stereocenters. The van der Waals surface area contributed by atoms with E-state index in [-0.39, 0.29) is 12.5 Å². The van der Waals surface area contributed by atoms with Crippen LogP contribution >= 0.6 is 0 Å². The number of fused-ring (bicyclic) bond motifs is 1. The van der Waals surface area contributed by atoms with E-state index in [4.69, 9.17) is 4.74 Å². The average molecular weight is 374 g/mol. The second-order valence-electron chi connectivity index (χ2n) is 7.29. The molecule has 4 rings (SSSR count). The Labute approximate surface area is 163 Å². The van der Waals surface area contributed by atoms with Crippen LogP contribution in [0.3, 0.4) is 0 Å². The first-order chi connectivity index (χ1) is 13.4. The van der Waals surface area contributed by atoms with Gasteiger partial charge in [-0.05, 0) is 36.2 Å². The van der Waals surface area contributed by atoms with Gasteiger partial charge in [0.2, 0.25) is 0 Å². The van der Waals surface area contributed by atoms with E-state index in [1.807, 2.05) is 67.6 Å². The summed E-state index contributed by atoms with van der Waals surface area (Å²) in [5.74, 6) is 0.391. The number of amides is 3. The fourth-order valence-corrected chi connectivity index (χ4v) is 3.89. The number of carbonyl (C=O) groups is 2. The molecule has 1 aliphatic rings. The Morgan fingerprint density at radius 2 is 1.79 bits per heavy atom. The second-order valence-corrected chi connectivity index (χ2v) is 7.29. The first kappa shape index (κ1) is 18.0. The van der Waals surface area contributed by atoms with E-state index in [0.29, 0.717) is 5.75 Å². The number of imide groups is 1. The molecular weight excluding hydrogens is 352 g/mol. The first-order valence-electron chi connectivity index (χ1n) is 9.20. The number of methoxy groups -OCH3 is 1. The van der Waals surface area contributed by atoms with Crippen molar-refractivity contribution < 1.29 is 14.3 Å². The molecule has 0 saturated carbocycles. The molecule has 28 heavy (non-hydrogen) atoms. The van der Waals surface area contributed by atoms with Crippen LogP contribution in [0.2, 0.25) is 0 Å². The number of rotatable bonds is 4.